The van der Waals surface area contributed by atoms with Gasteiger partial charge in [0.2, 0.25) is 6.79 Å². The van der Waals surface area contributed by atoms with Crippen LogP contribution in [0.25, 0.3) is 28.1 Å². The highest BCUT2D eigenvalue weighted by molar-refractivity contribution is 5.77. The Morgan fingerprint density at radius 3 is 2.65 bits per heavy atom. The maximum Gasteiger partial charge on any atom is 0.368 e. The van der Waals surface area contributed by atoms with Crippen LogP contribution in [0.1, 0.15) is 19.3 Å². The molecule has 0 radical (unpaired) electrons. The first-order chi connectivity index (χ1) is 14.4. The lowest BCUT2D eigenvalue weighted by Crippen LogP contribution is -3.13. The molecule has 1 saturated heterocycles. The predicted octanol–water partition coefficient (Wildman–Crippen LogP) is -3.82. The number of para-hydroxylation sites is 2. The van der Waals surface area contributed by atoms with Crippen LogP contribution >= 0.6 is 0 Å². The van der Waals surface area contributed by atoms with Crippen LogP contribution in [0.3, 0.4) is 0 Å². The summed E-state index contributed by atoms with van der Waals surface area (Å²) in [6, 6.07) is 14.8. The topological polar surface area (TPSA) is 47.0 Å². The predicted molar refractivity (Wildman–Crippen MR) is 110 cm³/mol. The number of hydrogen-bond donors (Lipinski definition) is 2. The second kappa shape index (κ2) is 8.99. The minimum atomic E-state index is 0. The van der Waals surface area contributed by atoms with E-state index in [-0.39, 0.29) is 24.8 Å². The molecule has 164 valence electrons. The van der Waals surface area contributed by atoms with Gasteiger partial charge in [0, 0.05) is 5.56 Å². The number of quaternary nitrogens is 1. The molecule has 2 aromatic carbocycles. The van der Waals surface area contributed by atoms with Crippen molar-refractivity contribution in [3.8, 4) is 22.8 Å². The van der Waals surface area contributed by atoms with E-state index in [1.54, 1.807) is 4.90 Å². The number of benzene rings is 2. The van der Waals surface area contributed by atoms with E-state index >= 15 is 0 Å². The van der Waals surface area contributed by atoms with E-state index in [2.05, 4.69) is 56.5 Å². The lowest BCUT2D eigenvalue weighted by molar-refractivity contribution is -0.920. The number of ether oxygens (including phenoxy) is 2. The summed E-state index contributed by atoms with van der Waals surface area (Å²) in [4.78, 5) is 5.40. The van der Waals surface area contributed by atoms with E-state index in [9.17, 15) is 0 Å². The first-order valence-electron chi connectivity index (χ1n) is 10.6. The van der Waals surface area contributed by atoms with Gasteiger partial charge in [-0.3, -0.25) is 0 Å². The lowest BCUT2D eigenvalue weighted by Gasteiger charge is -2.22. The normalized spacial score (nSPS) is 15.7. The van der Waals surface area contributed by atoms with Crippen molar-refractivity contribution in [2.45, 2.75) is 25.8 Å². The second-order valence-electron chi connectivity index (χ2n) is 8.13. The van der Waals surface area contributed by atoms with E-state index in [1.807, 2.05) is 6.07 Å². The van der Waals surface area contributed by atoms with Crippen molar-refractivity contribution in [1.29, 1.82) is 0 Å². The van der Waals surface area contributed by atoms with E-state index in [1.165, 1.54) is 49.9 Å². The van der Waals surface area contributed by atoms with Crippen molar-refractivity contribution in [1.82, 2.24) is 9.38 Å². The number of piperidine rings is 1. The van der Waals surface area contributed by atoms with Gasteiger partial charge in [0.15, 0.2) is 11.5 Å². The van der Waals surface area contributed by atoms with E-state index in [0.29, 0.717) is 6.79 Å². The second-order valence-corrected chi connectivity index (χ2v) is 8.13. The Balaban J connectivity index is 0.00000116. The number of imidazole rings is 2. The highest BCUT2D eigenvalue weighted by Gasteiger charge is 2.24. The lowest BCUT2D eigenvalue weighted by atomic mass is 10.1. The molecule has 31 heavy (non-hydrogen) atoms. The van der Waals surface area contributed by atoms with Crippen molar-refractivity contribution in [3.05, 3.63) is 48.7 Å². The Morgan fingerprint density at radius 2 is 1.77 bits per heavy atom. The number of nitrogens with zero attached hydrogens (tertiary/aromatic N) is 2. The fourth-order valence-electron chi connectivity index (χ4n) is 4.80. The van der Waals surface area contributed by atoms with Crippen molar-refractivity contribution < 1.29 is 43.8 Å². The van der Waals surface area contributed by atoms with Gasteiger partial charge in [-0.05, 0) is 49.6 Å². The molecule has 0 amide bonds. The largest absolute Gasteiger partial charge is 1.00 e. The van der Waals surface area contributed by atoms with Crippen molar-refractivity contribution >= 4 is 16.8 Å². The van der Waals surface area contributed by atoms with Gasteiger partial charge in [0.1, 0.15) is 36.0 Å². The maximum atomic E-state index is 5.56. The minimum absolute atomic E-state index is 0. The van der Waals surface area contributed by atoms with Crippen LogP contribution < -0.4 is 43.8 Å². The molecule has 8 heteroatoms. The molecule has 0 saturated carbocycles. The van der Waals surface area contributed by atoms with Crippen LogP contribution in [0.5, 0.6) is 11.5 Å². The smallest absolute Gasteiger partial charge is 0.368 e. The Bertz CT molecular complexity index is 1200. The summed E-state index contributed by atoms with van der Waals surface area (Å²) in [5, 5.41) is 0. The first-order valence-corrected chi connectivity index (χ1v) is 10.6. The summed E-state index contributed by atoms with van der Waals surface area (Å²) in [6.45, 7) is 5.11. The molecule has 1 fully saturated rings. The monoisotopic (exact) mass is 460 g/mol. The number of likely N-dealkylation sites (tertiary alicyclic amines) is 1. The van der Waals surface area contributed by atoms with Gasteiger partial charge in [-0.2, -0.15) is 4.40 Å². The molecule has 6 nitrogen and oxygen atoms in total. The van der Waals surface area contributed by atoms with Gasteiger partial charge in [-0.1, -0.05) is 12.1 Å². The van der Waals surface area contributed by atoms with Gasteiger partial charge < -0.3 is 39.2 Å². The zero-order chi connectivity index (χ0) is 19.2. The first kappa shape index (κ1) is 21.8. The molecule has 0 unspecified atom stereocenters. The zero-order valence-electron chi connectivity index (χ0n) is 17.2. The molecule has 0 spiro atoms. The number of aromatic amines is 1. The molecule has 4 heterocycles. The molecule has 0 atom stereocenters. The quantitative estimate of drug-likeness (QED) is 0.306. The summed E-state index contributed by atoms with van der Waals surface area (Å²) >= 11 is 0. The fourth-order valence-corrected chi connectivity index (χ4v) is 4.80. The maximum absolute atomic E-state index is 5.56. The van der Waals surface area contributed by atoms with Gasteiger partial charge in [0.25, 0.3) is 0 Å². The van der Waals surface area contributed by atoms with Gasteiger partial charge in [-0.25, -0.2) is 9.55 Å². The van der Waals surface area contributed by atoms with Gasteiger partial charge in [0.05, 0.1) is 13.1 Å². The summed E-state index contributed by atoms with van der Waals surface area (Å²) in [7, 11) is 0. The summed E-state index contributed by atoms with van der Waals surface area (Å²) in [5.74, 6) is 2.76. The molecule has 2 aliphatic heterocycles. The van der Waals surface area contributed by atoms with Crippen LogP contribution in [0.15, 0.2) is 48.7 Å². The van der Waals surface area contributed by atoms with E-state index in [4.69, 9.17) is 9.47 Å². The zero-order valence-corrected chi connectivity index (χ0v) is 18.8. The van der Waals surface area contributed by atoms with Crippen LogP contribution in [0.4, 0.5) is 0 Å². The average Bonchev–Trinajstić information content (AvgIpc) is 3.47. The molecule has 2 aromatic heterocycles. The standard InChI is InChI=1S/C23H24N4O2.2ClH/c1-4-10-25(11-5-1)12-13-26-19-6-2-3-7-20(19)27-15-18(24-23(26)27)17-8-9-21-22(14-17)29-16-28-21;;/h2-3,6-9,14-15H,1,4-5,10-13,16H2;2*1H. The Hall–Kier alpha value is -2.41. The van der Waals surface area contributed by atoms with E-state index < -0.39 is 0 Å². The number of aromatic nitrogens is 3. The third kappa shape index (κ3) is 3.84. The van der Waals surface area contributed by atoms with Crippen molar-refractivity contribution in [3.63, 3.8) is 0 Å². The number of halogens is 2. The Labute approximate surface area is 193 Å². The SMILES string of the molecule is [Cl-].[Cl-].c1ccc2c(c1)n1cc(-c3ccc4c(c3)OCO4)[nH]c1[n+]2CC[NH+]1CCCCC1. The van der Waals surface area contributed by atoms with Gasteiger partial charge >= 0.3 is 5.78 Å². The third-order valence-corrected chi connectivity index (χ3v) is 6.35. The molecule has 0 bridgehead atoms. The van der Waals surface area contributed by atoms with Crippen LogP contribution in [-0.4, -0.2) is 35.8 Å². The highest BCUT2D eigenvalue weighted by atomic mass is 35.5. The molecular weight excluding hydrogens is 435 g/mol. The van der Waals surface area contributed by atoms with Crippen LogP contribution in [0.2, 0.25) is 0 Å². The molecule has 0 aliphatic carbocycles. The number of hydrogen-bond acceptors (Lipinski definition) is 2. The van der Waals surface area contributed by atoms with Crippen LogP contribution in [-0.2, 0) is 6.54 Å². The summed E-state index contributed by atoms with van der Waals surface area (Å²) in [5.41, 5.74) is 4.71. The number of nitrogens with one attached hydrogen (secondary N) is 2. The number of fused-ring (bicyclic) bond motifs is 4. The van der Waals surface area contributed by atoms with Crippen molar-refractivity contribution in [2.75, 3.05) is 26.4 Å². The summed E-state index contributed by atoms with van der Waals surface area (Å²) in [6.07, 6.45) is 6.32. The number of H-pyrrole nitrogens is 1. The van der Waals surface area contributed by atoms with Crippen LogP contribution in [0, 0.1) is 0 Å². The summed E-state index contributed by atoms with van der Waals surface area (Å²) < 4.78 is 15.7. The Morgan fingerprint density at radius 1 is 0.968 bits per heavy atom. The minimum Gasteiger partial charge on any atom is -1.00 e. The molecular formula is C23H26Cl2N4O2. The molecule has 6 rings (SSSR count). The van der Waals surface area contributed by atoms with E-state index in [0.717, 1.165) is 35.1 Å². The molecule has 4 aromatic rings. The third-order valence-electron chi connectivity index (χ3n) is 6.35. The average molecular weight is 461 g/mol. The number of rotatable bonds is 4. The van der Waals surface area contributed by atoms with Crippen molar-refractivity contribution in [2.24, 2.45) is 0 Å². The highest BCUT2D eigenvalue weighted by Crippen LogP contribution is 2.35. The molecule has 2 N–H and O–H groups in total. The Kier molecular flexibility index (Phi) is 6.32. The molecule has 2 aliphatic rings. The fraction of sp³-hybridized carbons (Fsp3) is 0.348. The van der Waals surface area contributed by atoms with Gasteiger partial charge in [-0.15, -0.1) is 0 Å².